The Balaban J connectivity index is 1.22. The van der Waals surface area contributed by atoms with E-state index in [-0.39, 0.29) is 6.03 Å². The highest BCUT2D eigenvalue weighted by Gasteiger charge is 2.42. The van der Waals surface area contributed by atoms with E-state index in [4.69, 9.17) is 0 Å². The highest BCUT2D eigenvalue weighted by atomic mass is 16.2. The summed E-state index contributed by atoms with van der Waals surface area (Å²) >= 11 is 0. The van der Waals surface area contributed by atoms with Crippen molar-refractivity contribution in [3.63, 3.8) is 0 Å². The van der Waals surface area contributed by atoms with Crippen LogP contribution in [0.15, 0.2) is 43.0 Å². The van der Waals surface area contributed by atoms with Gasteiger partial charge in [-0.2, -0.15) is 0 Å². The van der Waals surface area contributed by atoms with Gasteiger partial charge in [-0.3, -0.25) is 0 Å². The van der Waals surface area contributed by atoms with Crippen molar-refractivity contribution in [1.82, 2.24) is 29.7 Å². The molecule has 4 heterocycles. The molecule has 144 valence electrons. The molecule has 2 saturated heterocycles. The van der Waals surface area contributed by atoms with E-state index in [0.717, 1.165) is 48.7 Å². The lowest BCUT2D eigenvalue weighted by molar-refractivity contribution is 0.205. The van der Waals surface area contributed by atoms with E-state index in [1.165, 1.54) is 0 Å². The Hall–Kier alpha value is -3.16. The van der Waals surface area contributed by atoms with Gasteiger partial charge in [0.05, 0.1) is 6.33 Å². The molecule has 0 radical (unpaired) electrons. The summed E-state index contributed by atoms with van der Waals surface area (Å²) < 4.78 is 1.91. The summed E-state index contributed by atoms with van der Waals surface area (Å²) in [6, 6.07) is 10.0. The van der Waals surface area contributed by atoms with E-state index in [1.54, 1.807) is 12.7 Å². The van der Waals surface area contributed by atoms with Gasteiger partial charge in [-0.15, -0.1) is 0 Å². The van der Waals surface area contributed by atoms with Gasteiger partial charge >= 0.3 is 6.03 Å². The van der Waals surface area contributed by atoms with Gasteiger partial charge in [0, 0.05) is 51.6 Å². The Kier molecular flexibility index (Phi) is 4.11. The number of amides is 2. The number of anilines is 1. The quantitative estimate of drug-likeness (QED) is 0.751. The van der Waals surface area contributed by atoms with Gasteiger partial charge in [0.2, 0.25) is 0 Å². The third-order valence-electron chi connectivity index (χ3n) is 5.84. The van der Waals surface area contributed by atoms with Crippen LogP contribution in [0.4, 0.5) is 10.6 Å². The lowest BCUT2D eigenvalue weighted by Gasteiger charge is -2.22. The van der Waals surface area contributed by atoms with Gasteiger partial charge in [0.15, 0.2) is 17.0 Å². The molecule has 28 heavy (non-hydrogen) atoms. The number of urea groups is 1. The van der Waals surface area contributed by atoms with Crippen LogP contribution in [0.3, 0.4) is 0 Å². The first-order valence-corrected chi connectivity index (χ1v) is 9.62. The fourth-order valence-corrected chi connectivity index (χ4v) is 4.38. The molecule has 8 heteroatoms. The molecule has 5 rings (SSSR count). The van der Waals surface area contributed by atoms with Crippen molar-refractivity contribution in [2.24, 2.45) is 18.9 Å². The maximum atomic E-state index is 12.5. The molecule has 2 atom stereocenters. The number of carbonyl (C=O) groups excluding carboxylic acids is 1. The van der Waals surface area contributed by atoms with Crippen LogP contribution in [0.5, 0.6) is 0 Å². The zero-order chi connectivity index (χ0) is 19.1. The number of rotatable bonds is 3. The first-order valence-electron chi connectivity index (χ1n) is 9.62. The Morgan fingerprint density at radius 2 is 1.82 bits per heavy atom. The Morgan fingerprint density at radius 3 is 2.57 bits per heavy atom. The van der Waals surface area contributed by atoms with Crippen molar-refractivity contribution >= 4 is 23.0 Å². The summed E-state index contributed by atoms with van der Waals surface area (Å²) in [5, 5.41) is 3.04. The number of aryl methyl sites for hydroxylation is 1. The second kappa shape index (κ2) is 6.78. The molecule has 1 aromatic carbocycles. The lowest BCUT2D eigenvalue weighted by Crippen LogP contribution is -2.40. The van der Waals surface area contributed by atoms with E-state index in [1.807, 2.05) is 46.8 Å². The summed E-state index contributed by atoms with van der Waals surface area (Å²) in [6.45, 7) is 3.94. The lowest BCUT2D eigenvalue weighted by atomic mass is 10.0. The topological polar surface area (TPSA) is 79.2 Å². The third kappa shape index (κ3) is 2.94. The van der Waals surface area contributed by atoms with Crippen LogP contribution in [0.25, 0.3) is 11.2 Å². The number of imidazole rings is 1. The van der Waals surface area contributed by atoms with Crippen molar-refractivity contribution in [2.75, 3.05) is 31.1 Å². The highest BCUT2D eigenvalue weighted by Crippen LogP contribution is 2.35. The van der Waals surface area contributed by atoms with E-state index in [9.17, 15) is 4.79 Å². The molecule has 2 fully saturated rings. The maximum absolute atomic E-state index is 12.5. The largest absolute Gasteiger partial charge is 0.354 e. The van der Waals surface area contributed by atoms with Gasteiger partial charge in [-0.1, -0.05) is 30.3 Å². The summed E-state index contributed by atoms with van der Waals surface area (Å²) in [6.07, 6.45) is 3.38. The molecule has 0 saturated carbocycles. The molecule has 2 aliphatic rings. The molecule has 0 spiro atoms. The average Bonchev–Trinajstić information content (AvgIpc) is 3.40. The normalized spacial score (nSPS) is 21.3. The average molecular weight is 377 g/mol. The fraction of sp³-hybridized carbons (Fsp3) is 0.400. The number of benzene rings is 1. The van der Waals surface area contributed by atoms with Crippen LogP contribution >= 0.6 is 0 Å². The minimum absolute atomic E-state index is 0.0268. The number of nitrogens with zero attached hydrogens (tertiary/aromatic N) is 6. The second-order valence-electron chi connectivity index (χ2n) is 7.70. The number of hydrogen-bond donors (Lipinski definition) is 1. The Bertz CT molecular complexity index is 988. The molecule has 0 aliphatic carbocycles. The van der Waals surface area contributed by atoms with Crippen molar-refractivity contribution < 1.29 is 4.79 Å². The number of fused-ring (bicyclic) bond motifs is 2. The number of likely N-dealkylation sites (tertiary alicyclic amines) is 1. The molecule has 3 aromatic rings. The Labute approximate surface area is 163 Å². The monoisotopic (exact) mass is 377 g/mol. The maximum Gasteiger partial charge on any atom is 0.317 e. The number of nitrogens with one attached hydrogen (secondary N) is 1. The van der Waals surface area contributed by atoms with E-state index in [2.05, 4.69) is 25.2 Å². The standard InChI is InChI=1S/C20H23N7O/c1-25-13-24-17-18(25)22-12-23-19(17)26-8-15-10-27(11-16(15)9-26)20(28)21-7-14-5-3-2-4-6-14/h2-6,12-13,15-16H,7-11H2,1H3,(H,21,28). The van der Waals surface area contributed by atoms with Crippen molar-refractivity contribution in [1.29, 1.82) is 0 Å². The summed E-state index contributed by atoms with van der Waals surface area (Å²) in [4.78, 5) is 30.1. The minimum atomic E-state index is 0.0268. The summed E-state index contributed by atoms with van der Waals surface area (Å²) in [5.74, 6) is 1.84. The molecule has 2 amide bonds. The molecular weight excluding hydrogens is 354 g/mol. The second-order valence-corrected chi connectivity index (χ2v) is 7.70. The molecule has 1 N–H and O–H groups in total. The van der Waals surface area contributed by atoms with Crippen molar-refractivity contribution in [3.8, 4) is 0 Å². The minimum Gasteiger partial charge on any atom is -0.354 e. The SMILES string of the molecule is Cn1cnc2c(N3CC4CN(C(=O)NCc5ccccc5)CC4C3)ncnc21. The van der Waals surface area contributed by atoms with Crippen LogP contribution in [0.1, 0.15) is 5.56 Å². The number of carbonyl (C=O) groups is 1. The predicted molar refractivity (Wildman–Crippen MR) is 106 cm³/mol. The molecule has 8 nitrogen and oxygen atoms in total. The fourth-order valence-electron chi connectivity index (χ4n) is 4.38. The molecule has 2 aromatic heterocycles. The smallest absolute Gasteiger partial charge is 0.317 e. The van der Waals surface area contributed by atoms with E-state index in [0.29, 0.717) is 18.4 Å². The van der Waals surface area contributed by atoms with Crippen LogP contribution in [-0.2, 0) is 13.6 Å². The zero-order valence-corrected chi connectivity index (χ0v) is 15.8. The van der Waals surface area contributed by atoms with Gasteiger partial charge in [0.1, 0.15) is 6.33 Å². The first-order chi connectivity index (χ1) is 13.7. The summed E-state index contributed by atoms with van der Waals surface area (Å²) in [5.41, 5.74) is 2.82. The highest BCUT2D eigenvalue weighted by molar-refractivity contribution is 5.83. The van der Waals surface area contributed by atoms with Gasteiger partial charge in [-0.05, 0) is 5.56 Å². The van der Waals surface area contributed by atoms with Gasteiger partial charge in [-0.25, -0.2) is 19.7 Å². The Morgan fingerprint density at radius 1 is 1.07 bits per heavy atom. The first kappa shape index (κ1) is 17.0. The third-order valence-corrected chi connectivity index (χ3v) is 5.84. The molecule has 2 aliphatic heterocycles. The van der Waals surface area contributed by atoms with Crippen LogP contribution < -0.4 is 10.2 Å². The molecule has 2 unspecified atom stereocenters. The zero-order valence-electron chi connectivity index (χ0n) is 15.8. The van der Waals surface area contributed by atoms with Gasteiger partial charge < -0.3 is 19.7 Å². The van der Waals surface area contributed by atoms with Crippen LogP contribution in [0, 0.1) is 11.8 Å². The van der Waals surface area contributed by atoms with E-state index < -0.39 is 0 Å². The van der Waals surface area contributed by atoms with Crippen LogP contribution in [-0.4, -0.2) is 56.6 Å². The van der Waals surface area contributed by atoms with E-state index >= 15 is 0 Å². The number of aromatic nitrogens is 4. The van der Waals surface area contributed by atoms with Crippen molar-refractivity contribution in [3.05, 3.63) is 48.5 Å². The molecular formula is C20H23N7O. The van der Waals surface area contributed by atoms with Crippen molar-refractivity contribution in [2.45, 2.75) is 6.54 Å². The van der Waals surface area contributed by atoms with Gasteiger partial charge in [0.25, 0.3) is 0 Å². The number of hydrogen-bond acceptors (Lipinski definition) is 5. The summed E-state index contributed by atoms with van der Waals surface area (Å²) in [7, 11) is 1.94. The predicted octanol–water partition coefficient (Wildman–Crippen LogP) is 1.64. The van der Waals surface area contributed by atoms with Crippen LogP contribution in [0.2, 0.25) is 0 Å². The molecule has 0 bridgehead atoms.